The number of nitrogens with zero attached hydrogens (tertiary/aromatic N) is 2. The second kappa shape index (κ2) is 10.1. The van der Waals surface area contributed by atoms with Gasteiger partial charge in [-0.05, 0) is 73.3 Å². The van der Waals surface area contributed by atoms with Gasteiger partial charge < -0.3 is 0 Å². The lowest BCUT2D eigenvalue weighted by Crippen LogP contribution is -1.95. The molecule has 0 amide bonds. The van der Waals surface area contributed by atoms with E-state index >= 15 is 0 Å². The van der Waals surface area contributed by atoms with E-state index in [4.69, 9.17) is 4.98 Å². The lowest BCUT2D eigenvalue weighted by Gasteiger charge is -2.21. The van der Waals surface area contributed by atoms with Crippen LogP contribution in [0.3, 0.4) is 0 Å². The van der Waals surface area contributed by atoms with E-state index in [9.17, 15) is 0 Å². The molecule has 2 heteroatoms. The van der Waals surface area contributed by atoms with Crippen molar-refractivity contribution in [3.05, 3.63) is 158 Å². The van der Waals surface area contributed by atoms with Crippen LogP contribution in [-0.4, -0.2) is 9.97 Å². The molecule has 0 N–H and O–H groups in total. The minimum absolute atomic E-state index is 0.911. The summed E-state index contributed by atoms with van der Waals surface area (Å²) in [4.78, 5) is 9.52. The third kappa shape index (κ3) is 3.96. The zero-order valence-electron chi connectivity index (χ0n) is 22.9. The van der Waals surface area contributed by atoms with Crippen molar-refractivity contribution in [3.63, 3.8) is 0 Å². The molecule has 42 heavy (non-hydrogen) atoms. The number of hydrogen-bond acceptors (Lipinski definition) is 2. The summed E-state index contributed by atoms with van der Waals surface area (Å²) < 4.78 is 0. The average molecular weight is 535 g/mol. The highest BCUT2D eigenvalue weighted by Gasteiger charge is 2.21. The molecule has 8 aromatic rings. The fourth-order valence-corrected chi connectivity index (χ4v) is 6.33. The first kappa shape index (κ1) is 24.2. The van der Waals surface area contributed by atoms with E-state index in [1.54, 1.807) is 6.20 Å². The molecule has 2 nitrogen and oxygen atoms in total. The Labute approximate surface area is 244 Å². The zero-order valence-corrected chi connectivity index (χ0v) is 22.9. The Morgan fingerprint density at radius 3 is 1.64 bits per heavy atom. The first-order valence-corrected chi connectivity index (χ1v) is 14.3. The van der Waals surface area contributed by atoms with E-state index in [2.05, 4.69) is 145 Å². The van der Waals surface area contributed by atoms with Gasteiger partial charge in [0.05, 0.1) is 11.4 Å². The second-order valence-electron chi connectivity index (χ2n) is 10.6. The Morgan fingerprint density at radius 1 is 0.357 bits per heavy atom. The predicted molar refractivity (Wildman–Crippen MR) is 176 cm³/mol. The first-order valence-electron chi connectivity index (χ1n) is 14.3. The van der Waals surface area contributed by atoms with Gasteiger partial charge in [-0.3, -0.25) is 4.98 Å². The summed E-state index contributed by atoms with van der Waals surface area (Å²) in [6.45, 7) is 0. The Morgan fingerprint density at radius 2 is 0.952 bits per heavy atom. The SMILES string of the molecule is c1ccc(-c2c3ccccc3c(-c3c(-c4cccc(-c5cccnc5)n4)ccc4ccccc34)c3ccccc23)cc1. The Bertz CT molecular complexity index is 2180. The van der Waals surface area contributed by atoms with Crippen LogP contribution in [0.2, 0.25) is 0 Å². The highest BCUT2D eigenvalue weighted by atomic mass is 14.7. The highest BCUT2D eigenvalue weighted by Crippen LogP contribution is 2.48. The average Bonchev–Trinajstić information content (AvgIpc) is 3.07. The molecule has 0 fully saturated rings. The summed E-state index contributed by atoms with van der Waals surface area (Å²) >= 11 is 0. The monoisotopic (exact) mass is 534 g/mol. The molecule has 0 spiro atoms. The molecule has 0 bridgehead atoms. The zero-order chi connectivity index (χ0) is 27.9. The van der Waals surface area contributed by atoms with Gasteiger partial charge in [0.2, 0.25) is 0 Å². The van der Waals surface area contributed by atoms with Gasteiger partial charge in [0.25, 0.3) is 0 Å². The summed E-state index contributed by atoms with van der Waals surface area (Å²) in [6.07, 6.45) is 3.67. The third-order valence-electron chi connectivity index (χ3n) is 8.16. The Kier molecular flexibility index (Phi) is 5.82. The van der Waals surface area contributed by atoms with Crippen molar-refractivity contribution >= 4 is 32.3 Å². The van der Waals surface area contributed by atoms with Gasteiger partial charge in [0.1, 0.15) is 0 Å². The van der Waals surface area contributed by atoms with E-state index in [0.29, 0.717) is 0 Å². The van der Waals surface area contributed by atoms with Crippen LogP contribution in [0.1, 0.15) is 0 Å². The quantitative estimate of drug-likeness (QED) is 0.210. The number of hydrogen-bond donors (Lipinski definition) is 0. The van der Waals surface area contributed by atoms with Gasteiger partial charge in [0, 0.05) is 29.1 Å². The summed E-state index contributed by atoms with van der Waals surface area (Å²) in [7, 11) is 0. The van der Waals surface area contributed by atoms with E-state index < -0.39 is 0 Å². The molecule has 0 atom stereocenters. The van der Waals surface area contributed by atoms with Gasteiger partial charge >= 0.3 is 0 Å². The Balaban J connectivity index is 1.52. The van der Waals surface area contributed by atoms with Crippen LogP contribution in [0.15, 0.2) is 158 Å². The minimum atomic E-state index is 0.911. The molecule has 2 heterocycles. The molecular weight excluding hydrogens is 508 g/mol. The first-order chi connectivity index (χ1) is 20.9. The van der Waals surface area contributed by atoms with Gasteiger partial charge in [-0.15, -0.1) is 0 Å². The summed E-state index contributed by atoms with van der Waals surface area (Å²) in [5, 5.41) is 7.38. The lowest BCUT2D eigenvalue weighted by molar-refractivity contribution is 1.28. The maximum atomic E-state index is 5.19. The molecule has 0 aliphatic rings. The van der Waals surface area contributed by atoms with Crippen molar-refractivity contribution in [2.45, 2.75) is 0 Å². The van der Waals surface area contributed by atoms with Crippen LogP contribution < -0.4 is 0 Å². The fourth-order valence-electron chi connectivity index (χ4n) is 6.33. The molecule has 0 aliphatic carbocycles. The molecule has 8 rings (SSSR count). The second-order valence-corrected chi connectivity index (χ2v) is 10.6. The number of aromatic nitrogens is 2. The summed E-state index contributed by atoms with van der Waals surface area (Å²) in [6, 6.07) is 51.9. The number of pyridine rings is 2. The maximum Gasteiger partial charge on any atom is 0.0725 e. The van der Waals surface area contributed by atoms with Gasteiger partial charge in [-0.1, -0.05) is 121 Å². The molecule has 0 aliphatic heterocycles. The highest BCUT2D eigenvalue weighted by molar-refractivity contribution is 6.25. The van der Waals surface area contributed by atoms with Gasteiger partial charge in [-0.25, -0.2) is 4.98 Å². The topological polar surface area (TPSA) is 25.8 Å². The van der Waals surface area contributed by atoms with Crippen LogP contribution >= 0.6 is 0 Å². The van der Waals surface area contributed by atoms with E-state index in [1.165, 1.54) is 54.6 Å². The summed E-state index contributed by atoms with van der Waals surface area (Å²) in [5.74, 6) is 0. The number of fused-ring (bicyclic) bond motifs is 3. The van der Waals surface area contributed by atoms with Crippen molar-refractivity contribution in [2.75, 3.05) is 0 Å². The fraction of sp³-hybridized carbons (Fsp3) is 0. The van der Waals surface area contributed by atoms with Crippen LogP contribution in [0.25, 0.3) is 77.1 Å². The maximum absolute atomic E-state index is 5.19. The molecule has 6 aromatic carbocycles. The van der Waals surface area contributed by atoms with Crippen molar-refractivity contribution < 1.29 is 0 Å². The Hall–Kier alpha value is -5.60. The van der Waals surface area contributed by atoms with Gasteiger partial charge in [-0.2, -0.15) is 0 Å². The standard InChI is InChI=1S/C40H26N2/c1-2-13-28(14-3-1)38-31-17-6-8-19-33(31)40(34-20-9-7-18-32(34)38)39-30-16-5-4-12-27(30)23-24-35(39)37-22-10-21-36(42-37)29-15-11-25-41-26-29/h1-26H. The van der Waals surface area contributed by atoms with Crippen molar-refractivity contribution in [3.8, 4) is 44.8 Å². The van der Waals surface area contributed by atoms with Crippen LogP contribution in [-0.2, 0) is 0 Å². The summed E-state index contributed by atoms with van der Waals surface area (Å²) in [5.41, 5.74) is 8.90. The largest absolute Gasteiger partial charge is 0.264 e. The number of benzene rings is 6. The molecule has 0 radical (unpaired) electrons. The van der Waals surface area contributed by atoms with E-state index in [1.807, 2.05) is 12.3 Å². The molecule has 2 aromatic heterocycles. The van der Waals surface area contributed by atoms with E-state index in [-0.39, 0.29) is 0 Å². The van der Waals surface area contributed by atoms with Crippen molar-refractivity contribution in [1.82, 2.24) is 9.97 Å². The van der Waals surface area contributed by atoms with Crippen LogP contribution in [0, 0.1) is 0 Å². The minimum Gasteiger partial charge on any atom is -0.264 e. The van der Waals surface area contributed by atoms with Gasteiger partial charge in [0.15, 0.2) is 0 Å². The molecule has 0 saturated heterocycles. The molecule has 0 unspecified atom stereocenters. The predicted octanol–water partition coefficient (Wildman–Crippen LogP) is 10.6. The van der Waals surface area contributed by atoms with E-state index in [0.717, 1.165) is 22.5 Å². The van der Waals surface area contributed by atoms with Crippen molar-refractivity contribution in [2.24, 2.45) is 0 Å². The van der Waals surface area contributed by atoms with Crippen LogP contribution in [0.4, 0.5) is 0 Å². The molecule has 196 valence electrons. The molecule has 0 saturated carbocycles. The number of rotatable bonds is 4. The molecular formula is C40H26N2. The van der Waals surface area contributed by atoms with Crippen molar-refractivity contribution in [1.29, 1.82) is 0 Å². The third-order valence-corrected chi connectivity index (χ3v) is 8.16. The normalized spacial score (nSPS) is 11.3. The lowest BCUT2D eigenvalue weighted by atomic mass is 9.82. The van der Waals surface area contributed by atoms with Crippen LogP contribution in [0.5, 0.6) is 0 Å². The smallest absolute Gasteiger partial charge is 0.0725 e.